The van der Waals surface area contributed by atoms with E-state index in [1.807, 2.05) is 42.8 Å². The van der Waals surface area contributed by atoms with Crippen LogP contribution in [0.2, 0.25) is 0 Å². The van der Waals surface area contributed by atoms with Crippen molar-refractivity contribution in [1.29, 1.82) is 0 Å². The third-order valence-corrected chi connectivity index (χ3v) is 8.78. The average molecular weight is 649 g/mol. The van der Waals surface area contributed by atoms with Gasteiger partial charge in [-0.05, 0) is 62.2 Å². The number of nitrogens with one attached hydrogen (secondary N) is 2. The second-order valence-corrected chi connectivity index (χ2v) is 13.2. The molecule has 0 radical (unpaired) electrons. The molecule has 12 nitrogen and oxygen atoms in total. The summed E-state index contributed by atoms with van der Waals surface area (Å²) in [4.78, 5) is 44.0. The lowest BCUT2D eigenvalue weighted by molar-refractivity contribution is 0.0827. The number of carbonyl (C=O) groups is 3. The fourth-order valence-electron chi connectivity index (χ4n) is 6.38. The number of ether oxygens (including phenoxy) is 1. The van der Waals surface area contributed by atoms with Gasteiger partial charge in [0, 0.05) is 88.4 Å². The van der Waals surface area contributed by atoms with Crippen LogP contribution in [0.1, 0.15) is 76.8 Å². The Kier molecular flexibility index (Phi) is 9.87. The molecular weight excluding hydrogens is 603 g/mol. The van der Waals surface area contributed by atoms with Gasteiger partial charge in [-0.15, -0.1) is 0 Å². The summed E-state index contributed by atoms with van der Waals surface area (Å²) < 4.78 is 22.1. The number of benzene rings is 2. The molecule has 1 fully saturated rings. The van der Waals surface area contributed by atoms with Crippen LogP contribution >= 0.6 is 0 Å². The quantitative estimate of drug-likeness (QED) is 0.320. The Balaban J connectivity index is 1.27. The number of fused-ring (bicyclic) bond motifs is 1. The predicted molar refractivity (Wildman–Crippen MR) is 178 cm³/mol. The van der Waals surface area contributed by atoms with Crippen molar-refractivity contribution in [3.63, 3.8) is 0 Å². The minimum absolute atomic E-state index is 0.0456. The van der Waals surface area contributed by atoms with Crippen molar-refractivity contribution in [2.75, 3.05) is 57.7 Å². The molecule has 1 aromatic heterocycles. The molecular formula is C34H45FN8O4. The Hall–Kier alpha value is -4.49. The summed E-state index contributed by atoms with van der Waals surface area (Å²) in [5.41, 5.74) is 10.0. The molecule has 252 valence electrons. The number of hydrogen-bond donors (Lipinski definition) is 3. The van der Waals surface area contributed by atoms with Crippen molar-refractivity contribution in [3.05, 3.63) is 76.4 Å². The van der Waals surface area contributed by atoms with E-state index in [-0.39, 0.29) is 36.0 Å². The molecule has 0 bridgehead atoms. The van der Waals surface area contributed by atoms with E-state index in [1.54, 1.807) is 37.1 Å². The number of halogens is 1. The highest BCUT2D eigenvalue weighted by atomic mass is 19.1. The Morgan fingerprint density at radius 2 is 1.89 bits per heavy atom. The molecule has 0 unspecified atom stereocenters. The molecule has 2 aromatic carbocycles. The van der Waals surface area contributed by atoms with Gasteiger partial charge < -0.3 is 35.8 Å². The van der Waals surface area contributed by atoms with Gasteiger partial charge in [0.2, 0.25) is 0 Å². The van der Waals surface area contributed by atoms with Gasteiger partial charge in [-0.3, -0.25) is 14.3 Å². The Bertz CT molecular complexity index is 1640. The molecule has 2 aliphatic heterocycles. The molecule has 4 amide bonds. The number of likely N-dealkylation sites (tertiary alicyclic amines) is 1. The summed E-state index contributed by atoms with van der Waals surface area (Å²) >= 11 is 0. The van der Waals surface area contributed by atoms with Crippen LogP contribution in [0, 0.1) is 5.82 Å². The smallest absolute Gasteiger partial charge is 0.321 e. The Morgan fingerprint density at radius 1 is 1.17 bits per heavy atom. The maximum atomic E-state index is 15.1. The van der Waals surface area contributed by atoms with Crippen LogP contribution < -0.4 is 21.3 Å². The Labute approximate surface area is 275 Å². The van der Waals surface area contributed by atoms with E-state index >= 15 is 4.39 Å². The second-order valence-electron chi connectivity index (χ2n) is 13.2. The SMILES string of the molecule is COC[C@@]1(N)CCN(C(=O)Nc2ccc(CNC(=O)c3nn(C(C)C)c4c3CN(c3ccc(C(=O)N(C)C)cc3)C[C@@H]4C)cc2F)C1. The highest BCUT2D eigenvalue weighted by molar-refractivity contribution is 5.95. The summed E-state index contributed by atoms with van der Waals surface area (Å²) in [5.74, 6) is -0.929. The second kappa shape index (κ2) is 13.7. The van der Waals surface area contributed by atoms with Crippen LogP contribution in [0.15, 0.2) is 42.5 Å². The van der Waals surface area contributed by atoms with Crippen LogP contribution in [0.3, 0.4) is 0 Å². The van der Waals surface area contributed by atoms with E-state index in [9.17, 15) is 14.4 Å². The van der Waals surface area contributed by atoms with Crippen LogP contribution in [0.25, 0.3) is 0 Å². The fraction of sp³-hybridized carbons (Fsp3) is 0.471. The zero-order valence-electron chi connectivity index (χ0n) is 28.0. The zero-order valence-corrected chi connectivity index (χ0v) is 28.0. The number of anilines is 2. The number of carbonyl (C=O) groups excluding carboxylic acids is 3. The van der Waals surface area contributed by atoms with Crippen LogP contribution in [0.5, 0.6) is 0 Å². The van der Waals surface area contributed by atoms with Gasteiger partial charge in [0.25, 0.3) is 11.8 Å². The van der Waals surface area contributed by atoms with Gasteiger partial charge in [-0.1, -0.05) is 13.0 Å². The van der Waals surface area contributed by atoms with E-state index in [2.05, 4.69) is 22.5 Å². The van der Waals surface area contributed by atoms with Crippen molar-refractivity contribution in [2.45, 2.75) is 57.8 Å². The monoisotopic (exact) mass is 648 g/mol. The maximum absolute atomic E-state index is 15.1. The van der Waals surface area contributed by atoms with Gasteiger partial charge in [-0.25, -0.2) is 9.18 Å². The molecule has 2 aliphatic rings. The lowest BCUT2D eigenvalue weighted by atomic mass is 9.95. The molecule has 1 saturated heterocycles. The predicted octanol–water partition coefficient (Wildman–Crippen LogP) is 3.94. The summed E-state index contributed by atoms with van der Waals surface area (Å²) in [6, 6.07) is 11.6. The third-order valence-electron chi connectivity index (χ3n) is 8.78. The standard InChI is InChI=1S/C34H45FN8O4/c1-21(2)43-30-22(3)17-42(25-10-8-24(9-11-25)32(45)40(4)5)18-26(30)29(39-43)31(44)37-16-23-7-12-28(27(35)15-23)38-33(46)41-14-13-34(36,19-41)20-47-6/h7-12,15,21-22H,13-14,16-20,36H2,1-6H3,(H,37,44)(H,38,46)/t22-,34+/m0/s1. The van der Waals surface area contributed by atoms with E-state index < -0.39 is 17.4 Å². The average Bonchev–Trinajstić information content (AvgIpc) is 3.62. The van der Waals surface area contributed by atoms with Gasteiger partial charge in [0.1, 0.15) is 5.82 Å². The largest absolute Gasteiger partial charge is 0.383 e. The van der Waals surface area contributed by atoms with Crippen LogP contribution in [0.4, 0.5) is 20.6 Å². The van der Waals surface area contributed by atoms with Gasteiger partial charge in [-0.2, -0.15) is 5.10 Å². The number of aromatic nitrogens is 2. The molecule has 0 spiro atoms. The van der Waals surface area contributed by atoms with E-state index in [1.165, 1.54) is 12.1 Å². The lowest BCUT2D eigenvalue weighted by Crippen LogP contribution is -2.48. The van der Waals surface area contributed by atoms with Crippen LogP contribution in [-0.4, -0.2) is 90.4 Å². The van der Waals surface area contributed by atoms with E-state index in [4.69, 9.17) is 15.6 Å². The minimum atomic E-state index is -0.619. The van der Waals surface area contributed by atoms with Crippen molar-refractivity contribution >= 4 is 29.2 Å². The number of methoxy groups -OCH3 is 1. The molecule has 2 atom stereocenters. The van der Waals surface area contributed by atoms with Gasteiger partial charge in [0.15, 0.2) is 5.69 Å². The molecule has 13 heteroatoms. The van der Waals surface area contributed by atoms with Crippen molar-refractivity contribution in [2.24, 2.45) is 5.73 Å². The highest BCUT2D eigenvalue weighted by Crippen LogP contribution is 2.35. The van der Waals surface area contributed by atoms with Crippen LogP contribution in [-0.2, 0) is 17.8 Å². The summed E-state index contributed by atoms with van der Waals surface area (Å²) in [5, 5.41) is 10.3. The molecule has 0 saturated carbocycles. The van der Waals surface area contributed by atoms with Gasteiger partial charge >= 0.3 is 6.03 Å². The highest BCUT2D eigenvalue weighted by Gasteiger charge is 2.37. The first-order valence-corrected chi connectivity index (χ1v) is 15.9. The topological polar surface area (TPSA) is 138 Å². The number of nitrogens with two attached hydrogens (primary N) is 1. The molecule has 0 aliphatic carbocycles. The first-order valence-electron chi connectivity index (χ1n) is 15.9. The minimum Gasteiger partial charge on any atom is -0.383 e. The summed E-state index contributed by atoms with van der Waals surface area (Å²) in [6.45, 7) is 8.57. The molecule has 5 rings (SSSR count). The zero-order chi connectivity index (χ0) is 34.0. The third kappa shape index (κ3) is 7.25. The first kappa shape index (κ1) is 33.9. The number of urea groups is 1. The van der Waals surface area contributed by atoms with Crippen molar-refractivity contribution < 1.29 is 23.5 Å². The maximum Gasteiger partial charge on any atom is 0.321 e. The lowest BCUT2D eigenvalue weighted by Gasteiger charge is -2.34. The van der Waals surface area contributed by atoms with Crippen molar-refractivity contribution in [1.82, 2.24) is 24.9 Å². The number of rotatable bonds is 9. The Morgan fingerprint density at radius 3 is 2.53 bits per heavy atom. The van der Waals surface area contributed by atoms with Crippen molar-refractivity contribution in [3.8, 4) is 0 Å². The van der Waals surface area contributed by atoms with E-state index in [0.29, 0.717) is 49.5 Å². The molecule has 4 N–H and O–H groups in total. The van der Waals surface area contributed by atoms with Gasteiger partial charge in [0.05, 0.1) is 17.8 Å². The molecule has 3 heterocycles. The number of nitrogens with zero attached hydrogens (tertiary/aromatic N) is 5. The number of hydrogen-bond acceptors (Lipinski definition) is 7. The fourth-order valence-corrected chi connectivity index (χ4v) is 6.38. The summed E-state index contributed by atoms with van der Waals surface area (Å²) in [7, 11) is 5.01. The first-order chi connectivity index (χ1) is 22.3. The molecule has 47 heavy (non-hydrogen) atoms. The summed E-state index contributed by atoms with van der Waals surface area (Å²) in [6.07, 6.45) is 0.594. The number of amides is 4. The normalized spacial score (nSPS) is 19.1. The van der Waals surface area contributed by atoms with E-state index in [0.717, 1.165) is 23.5 Å². The molecule has 3 aromatic rings.